The minimum atomic E-state index is 1.01. The first-order valence-corrected chi connectivity index (χ1v) is 3.62. The smallest absolute Gasteiger partial charge is 0.0140 e. The average Bonchev–Trinajstić information content (AvgIpc) is 2.03. The minimum absolute atomic E-state index is 1.01. The van der Waals surface area contributed by atoms with Gasteiger partial charge in [0.25, 0.3) is 0 Å². The summed E-state index contributed by atoms with van der Waals surface area (Å²) in [5.74, 6) is 0. The first-order chi connectivity index (χ1) is 4.93. The lowest BCUT2D eigenvalue weighted by atomic mass is 10.1. The highest BCUT2D eigenvalue weighted by atomic mass is 14.8. The Morgan fingerprint density at radius 1 is 1.60 bits per heavy atom. The zero-order valence-electron chi connectivity index (χ0n) is 6.14. The van der Waals surface area contributed by atoms with E-state index < -0.39 is 0 Å². The molecule has 0 aromatic heterocycles. The minimum Gasteiger partial charge on any atom is -0.313 e. The molecule has 0 saturated carbocycles. The molecule has 1 heteroatoms. The normalized spacial score (nSPS) is 19.0. The molecule has 1 nitrogen and oxygen atoms in total. The number of rotatable bonds is 2. The summed E-state index contributed by atoms with van der Waals surface area (Å²) >= 11 is 0. The second-order valence-electron chi connectivity index (χ2n) is 2.33. The van der Waals surface area contributed by atoms with Crippen molar-refractivity contribution in [1.82, 2.24) is 5.32 Å². The van der Waals surface area contributed by atoms with Crippen LogP contribution in [0.25, 0.3) is 0 Å². The van der Waals surface area contributed by atoms with Crippen LogP contribution in [0.4, 0.5) is 0 Å². The van der Waals surface area contributed by atoms with E-state index >= 15 is 0 Å². The Morgan fingerprint density at radius 3 is 3.10 bits per heavy atom. The van der Waals surface area contributed by atoms with E-state index in [2.05, 4.69) is 24.0 Å². The van der Waals surface area contributed by atoms with Crippen LogP contribution in [0.3, 0.4) is 0 Å². The quantitative estimate of drug-likeness (QED) is 0.568. The Labute approximate surface area is 62.1 Å². The van der Waals surface area contributed by atoms with Gasteiger partial charge in [-0.1, -0.05) is 30.9 Å². The monoisotopic (exact) mass is 135 g/mol. The molecule has 0 atom stereocenters. The van der Waals surface area contributed by atoms with E-state index in [9.17, 15) is 0 Å². The van der Waals surface area contributed by atoms with E-state index in [1.807, 2.05) is 12.2 Å². The van der Waals surface area contributed by atoms with Crippen LogP contribution in [-0.2, 0) is 0 Å². The number of hydrogen-bond donors (Lipinski definition) is 1. The van der Waals surface area contributed by atoms with E-state index in [4.69, 9.17) is 0 Å². The van der Waals surface area contributed by atoms with Crippen molar-refractivity contribution in [1.29, 1.82) is 0 Å². The van der Waals surface area contributed by atoms with Crippen LogP contribution in [0.5, 0.6) is 0 Å². The van der Waals surface area contributed by atoms with Crippen molar-refractivity contribution >= 4 is 0 Å². The maximum atomic E-state index is 3.62. The van der Waals surface area contributed by atoms with Gasteiger partial charge in [0.05, 0.1) is 0 Å². The van der Waals surface area contributed by atoms with Gasteiger partial charge in [-0.2, -0.15) is 0 Å². The SMILES string of the molecule is C=CC=CC1=CCNCC1. The molecule has 0 fully saturated rings. The fourth-order valence-corrected chi connectivity index (χ4v) is 0.983. The molecule has 0 amide bonds. The molecule has 0 aromatic carbocycles. The fraction of sp³-hybridized carbons (Fsp3) is 0.333. The van der Waals surface area contributed by atoms with Crippen molar-refractivity contribution in [2.24, 2.45) is 0 Å². The largest absolute Gasteiger partial charge is 0.313 e. The molecule has 1 heterocycles. The first-order valence-electron chi connectivity index (χ1n) is 3.62. The lowest BCUT2D eigenvalue weighted by Crippen LogP contribution is -2.19. The Balaban J connectivity index is 2.45. The molecule has 0 saturated heterocycles. The van der Waals surface area contributed by atoms with Gasteiger partial charge in [-0.15, -0.1) is 0 Å². The van der Waals surface area contributed by atoms with Crippen LogP contribution in [-0.4, -0.2) is 13.1 Å². The van der Waals surface area contributed by atoms with Crippen LogP contribution in [0.15, 0.2) is 36.5 Å². The molecule has 1 aliphatic rings. The van der Waals surface area contributed by atoms with E-state index in [1.165, 1.54) is 5.57 Å². The molecule has 1 aliphatic heterocycles. The lowest BCUT2D eigenvalue weighted by Gasteiger charge is -2.09. The second kappa shape index (κ2) is 4.07. The topological polar surface area (TPSA) is 12.0 Å². The predicted molar refractivity (Wildman–Crippen MR) is 44.9 cm³/mol. The Hall–Kier alpha value is -0.820. The number of hydrogen-bond acceptors (Lipinski definition) is 1. The summed E-state index contributed by atoms with van der Waals surface area (Å²) in [4.78, 5) is 0. The van der Waals surface area contributed by atoms with Crippen molar-refractivity contribution in [2.75, 3.05) is 13.1 Å². The fourth-order valence-electron chi connectivity index (χ4n) is 0.983. The second-order valence-corrected chi connectivity index (χ2v) is 2.33. The molecule has 0 bridgehead atoms. The van der Waals surface area contributed by atoms with Gasteiger partial charge in [0.15, 0.2) is 0 Å². The van der Waals surface area contributed by atoms with E-state index in [0.29, 0.717) is 0 Å². The van der Waals surface area contributed by atoms with Crippen LogP contribution in [0.2, 0.25) is 0 Å². The third-order valence-corrected chi connectivity index (χ3v) is 1.55. The molecule has 10 heavy (non-hydrogen) atoms. The molecule has 54 valence electrons. The highest BCUT2D eigenvalue weighted by Crippen LogP contribution is 2.04. The molecular weight excluding hydrogens is 122 g/mol. The molecule has 1 N–H and O–H groups in total. The lowest BCUT2D eigenvalue weighted by molar-refractivity contribution is 0.713. The summed E-state index contributed by atoms with van der Waals surface area (Å²) in [5.41, 5.74) is 1.42. The van der Waals surface area contributed by atoms with Gasteiger partial charge in [0.1, 0.15) is 0 Å². The van der Waals surface area contributed by atoms with Gasteiger partial charge >= 0.3 is 0 Å². The van der Waals surface area contributed by atoms with Crippen LogP contribution < -0.4 is 5.32 Å². The highest BCUT2D eigenvalue weighted by molar-refractivity contribution is 5.23. The molecular formula is C9H13N. The van der Waals surface area contributed by atoms with Crippen LogP contribution in [0.1, 0.15) is 6.42 Å². The molecule has 1 rings (SSSR count). The van der Waals surface area contributed by atoms with Crippen molar-refractivity contribution in [3.05, 3.63) is 36.5 Å². The van der Waals surface area contributed by atoms with Crippen molar-refractivity contribution in [3.63, 3.8) is 0 Å². The zero-order valence-corrected chi connectivity index (χ0v) is 6.14. The summed E-state index contributed by atoms with van der Waals surface area (Å²) in [6.07, 6.45) is 9.27. The van der Waals surface area contributed by atoms with E-state index in [0.717, 1.165) is 19.5 Å². The van der Waals surface area contributed by atoms with Gasteiger partial charge < -0.3 is 5.32 Å². The van der Waals surface area contributed by atoms with E-state index in [1.54, 1.807) is 0 Å². The number of allylic oxidation sites excluding steroid dienone is 3. The van der Waals surface area contributed by atoms with Crippen LogP contribution in [0, 0.1) is 0 Å². The summed E-state index contributed by atoms with van der Waals surface area (Å²) in [7, 11) is 0. The molecule has 0 unspecified atom stereocenters. The standard InChI is InChI=1S/C9H13N/c1-2-3-4-9-5-7-10-8-6-9/h2-5,10H,1,6-8H2. The van der Waals surface area contributed by atoms with Crippen molar-refractivity contribution in [3.8, 4) is 0 Å². The summed E-state index contributed by atoms with van der Waals surface area (Å²) < 4.78 is 0. The third kappa shape index (κ3) is 2.19. The molecule has 0 aliphatic carbocycles. The third-order valence-electron chi connectivity index (χ3n) is 1.55. The van der Waals surface area contributed by atoms with Gasteiger partial charge in [0, 0.05) is 6.54 Å². The maximum absolute atomic E-state index is 3.62. The van der Waals surface area contributed by atoms with Crippen LogP contribution >= 0.6 is 0 Å². The Bertz CT molecular complexity index is 163. The predicted octanol–water partition coefficient (Wildman–Crippen LogP) is 1.65. The summed E-state index contributed by atoms with van der Waals surface area (Å²) in [5, 5.41) is 3.26. The van der Waals surface area contributed by atoms with Gasteiger partial charge in [-0.05, 0) is 18.5 Å². The van der Waals surface area contributed by atoms with Gasteiger partial charge in [-0.3, -0.25) is 0 Å². The van der Waals surface area contributed by atoms with Crippen molar-refractivity contribution < 1.29 is 0 Å². The molecule has 0 spiro atoms. The average molecular weight is 135 g/mol. The zero-order chi connectivity index (χ0) is 7.23. The van der Waals surface area contributed by atoms with E-state index in [-0.39, 0.29) is 0 Å². The molecule has 0 aromatic rings. The van der Waals surface area contributed by atoms with Crippen molar-refractivity contribution in [2.45, 2.75) is 6.42 Å². The van der Waals surface area contributed by atoms with Gasteiger partial charge in [0.2, 0.25) is 0 Å². The van der Waals surface area contributed by atoms with Gasteiger partial charge in [-0.25, -0.2) is 0 Å². The highest BCUT2D eigenvalue weighted by Gasteiger charge is 1.96. The maximum Gasteiger partial charge on any atom is 0.0140 e. The number of nitrogens with one attached hydrogen (secondary N) is 1. The summed E-state index contributed by atoms with van der Waals surface area (Å²) in [6.45, 7) is 5.73. The Morgan fingerprint density at radius 2 is 2.50 bits per heavy atom. The molecule has 0 radical (unpaired) electrons. The Kier molecular flexibility index (Phi) is 2.97. The first kappa shape index (κ1) is 7.29. The summed E-state index contributed by atoms with van der Waals surface area (Å²) in [6, 6.07) is 0.